The molecule has 0 aromatic heterocycles. The fourth-order valence-corrected chi connectivity index (χ4v) is 4.68. The van der Waals surface area contributed by atoms with Gasteiger partial charge in [0.05, 0.1) is 0 Å². The molecule has 0 fully saturated rings. The summed E-state index contributed by atoms with van der Waals surface area (Å²) in [6.45, 7) is 0. The van der Waals surface area contributed by atoms with Crippen LogP contribution < -0.4 is 15.5 Å². The van der Waals surface area contributed by atoms with Gasteiger partial charge in [0.1, 0.15) is 0 Å². The minimum absolute atomic E-state index is 0.773. The number of anilines is 7. The number of nitrogens with zero attached hydrogens (tertiary/aromatic N) is 2. The number of nitrogens with two attached hydrogens (primary N) is 1. The second-order valence-corrected chi connectivity index (χ2v) is 10.00. The highest BCUT2D eigenvalue weighted by Gasteiger charge is 2.12. The molecule has 3 nitrogen and oxygen atoms in total. The summed E-state index contributed by atoms with van der Waals surface area (Å²) in [5, 5.41) is 0. The third-order valence-electron chi connectivity index (χ3n) is 6.29. The molecule has 0 saturated heterocycles. The molecule has 2 N–H and O–H groups in total. The zero-order valence-electron chi connectivity index (χ0n) is 22.0. The largest absolute Gasteiger partial charge is 0.399 e. The summed E-state index contributed by atoms with van der Waals surface area (Å²) in [6, 6.07) is 57.7. The van der Waals surface area contributed by atoms with Gasteiger partial charge in [-0.15, -0.1) is 0 Å². The Hall–Kier alpha value is -4.80. The van der Waals surface area contributed by atoms with E-state index in [1.165, 1.54) is 0 Å². The number of benzene rings is 6. The lowest BCUT2D eigenvalue weighted by molar-refractivity contribution is 1.28. The van der Waals surface area contributed by atoms with Gasteiger partial charge in [-0.3, -0.25) is 0 Å². The van der Waals surface area contributed by atoms with Crippen LogP contribution in [0, 0.1) is 0 Å². The highest BCUT2D eigenvalue weighted by Crippen LogP contribution is 2.35. The van der Waals surface area contributed by atoms with Gasteiger partial charge in [0.2, 0.25) is 0 Å². The van der Waals surface area contributed by atoms with Gasteiger partial charge >= 0.3 is 0 Å². The van der Waals surface area contributed by atoms with Crippen molar-refractivity contribution in [2.45, 2.75) is 0 Å². The van der Waals surface area contributed by atoms with Crippen molar-refractivity contribution in [1.29, 1.82) is 0 Å². The van der Waals surface area contributed by atoms with Crippen molar-refractivity contribution in [3.63, 3.8) is 0 Å². The Morgan fingerprint density at radius 2 is 0.575 bits per heavy atom. The van der Waals surface area contributed by atoms with E-state index in [-0.39, 0.29) is 0 Å². The molecular formula is C36H30BrN3. The smallest absolute Gasteiger partial charge is 0.0463 e. The summed E-state index contributed by atoms with van der Waals surface area (Å²) in [5.74, 6) is 0. The molecule has 0 aliphatic heterocycles. The van der Waals surface area contributed by atoms with E-state index >= 15 is 0 Å². The second kappa shape index (κ2) is 13.3. The number of rotatable bonds is 6. The maximum absolute atomic E-state index is 5.79. The Bertz CT molecular complexity index is 1370. The molecule has 40 heavy (non-hydrogen) atoms. The van der Waals surface area contributed by atoms with Crippen LogP contribution in [0.3, 0.4) is 0 Å². The molecule has 0 amide bonds. The van der Waals surface area contributed by atoms with Crippen LogP contribution in [0.2, 0.25) is 0 Å². The average molecular weight is 585 g/mol. The first-order valence-electron chi connectivity index (χ1n) is 13.1. The zero-order chi connectivity index (χ0) is 27.6. The Balaban J connectivity index is 0.000000161. The van der Waals surface area contributed by atoms with Gasteiger partial charge in [-0.1, -0.05) is 88.7 Å². The molecule has 6 rings (SSSR count). The van der Waals surface area contributed by atoms with Gasteiger partial charge in [0.15, 0.2) is 0 Å². The lowest BCUT2D eigenvalue weighted by Crippen LogP contribution is -2.09. The van der Waals surface area contributed by atoms with Gasteiger partial charge in [-0.25, -0.2) is 0 Å². The topological polar surface area (TPSA) is 32.5 Å². The van der Waals surface area contributed by atoms with E-state index in [9.17, 15) is 0 Å². The van der Waals surface area contributed by atoms with Crippen LogP contribution in [0.25, 0.3) is 0 Å². The fourth-order valence-electron chi connectivity index (χ4n) is 4.42. The van der Waals surface area contributed by atoms with E-state index in [2.05, 4.69) is 123 Å². The quantitative estimate of drug-likeness (QED) is 0.198. The molecule has 196 valence electrons. The lowest BCUT2D eigenvalue weighted by Gasteiger charge is -2.25. The summed E-state index contributed by atoms with van der Waals surface area (Å²) in [5.41, 5.74) is 13.4. The molecule has 0 heterocycles. The summed E-state index contributed by atoms with van der Waals surface area (Å²) in [6.07, 6.45) is 0. The van der Waals surface area contributed by atoms with Gasteiger partial charge in [-0.05, 0) is 97.1 Å². The second-order valence-electron chi connectivity index (χ2n) is 9.08. The van der Waals surface area contributed by atoms with E-state index in [1.54, 1.807) is 0 Å². The Morgan fingerprint density at radius 3 is 0.875 bits per heavy atom. The zero-order valence-corrected chi connectivity index (χ0v) is 23.6. The predicted octanol–water partition coefficient (Wildman–Crippen LogP) is 10.7. The summed E-state index contributed by atoms with van der Waals surface area (Å²) in [4.78, 5) is 4.45. The summed E-state index contributed by atoms with van der Waals surface area (Å²) >= 11 is 3.49. The number of hydrogen-bond acceptors (Lipinski definition) is 3. The molecule has 0 atom stereocenters. The van der Waals surface area contributed by atoms with E-state index in [0.29, 0.717) is 0 Å². The maximum atomic E-state index is 5.79. The van der Waals surface area contributed by atoms with E-state index < -0.39 is 0 Å². The maximum Gasteiger partial charge on any atom is 0.0463 e. The van der Waals surface area contributed by atoms with E-state index in [4.69, 9.17) is 5.73 Å². The van der Waals surface area contributed by atoms with Crippen molar-refractivity contribution in [3.8, 4) is 0 Å². The van der Waals surface area contributed by atoms with Crippen molar-refractivity contribution in [1.82, 2.24) is 0 Å². The van der Waals surface area contributed by atoms with Gasteiger partial charge < -0.3 is 15.5 Å². The molecule has 0 aliphatic rings. The van der Waals surface area contributed by atoms with Gasteiger partial charge in [0, 0.05) is 44.3 Å². The van der Waals surface area contributed by atoms with Crippen LogP contribution in [0.5, 0.6) is 0 Å². The first-order chi connectivity index (χ1) is 19.7. The van der Waals surface area contributed by atoms with Crippen molar-refractivity contribution in [3.05, 3.63) is 174 Å². The minimum atomic E-state index is 0.773. The molecule has 0 unspecified atom stereocenters. The molecule has 0 spiro atoms. The Labute approximate surface area is 244 Å². The van der Waals surface area contributed by atoms with Gasteiger partial charge in [0.25, 0.3) is 0 Å². The summed E-state index contributed by atoms with van der Waals surface area (Å²) < 4.78 is 1.09. The summed E-state index contributed by atoms with van der Waals surface area (Å²) in [7, 11) is 0. The number of nitrogen functional groups attached to an aromatic ring is 1. The standard InChI is InChI=1S/C18H14BrN.C18H16N2/c2*19-15-11-13-18(14-12-15)20(16-7-3-1-4-8-16)17-9-5-2-6-10-17/h1-14H;1-14H,19H2. The molecule has 0 bridgehead atoms. The first-order valence-corrected chi connectivity index (χ1v) is 13.9. The van der Waals surface area contributed by atoms with Crippen molar-refractivity contribution in [2.75, 3.05) is 15.5 Å². The SMILES string of the molecule is Brc1ccc(N(c2ccccc2)c2ccccc2)cc1.Nc1ccc(N(c2ccccc2)c2ccccc2)cc1. The van der Waals surface area contributed by atoms with Crippen LogP contribution in [0.1, 0.15) is 0 Å². The average Bonchev–Trinajstić information content (AvgIpc) is 3.02. The Morgan fingerprint density at radius 1 is 0.325 bits per heavy atom. The molecule has 0 saturated carbocycles. The van der Waals surface area contributed by atoms with E-state index in [1.807, 2.05) is 72.8 Å². The monoisotopic (exact) mass is 583 g/mol. The third kappa shape index (κ3) is 6.79. The van der Waals surface area contributed by atoms with Gasteiger partial charge in [-0.2, -0.15) is 0 Å². The highest BCUT2D eigenvalue weighted by atomic mass is 79.9. The van der Waals surface area contributed by atoms with Crippen LogP contribution in [-0.2, 0) is 0 Å². The van der Waals surface area contributed by atoms with Crippen molar-refractivity contribution < 1.29 is 0 Å². The highest BCUT2D eigenvalue weighted by molar-refractivity contribution is 9.10. The van der Waals surface area contributed by atoms with Crippen LogP contribution >= 0.6 is 15.9 Å². The number of para-hydroxylation sites is 4. The van der Waals surface area contributed by atoms with Crippen LogP contribution in [0.4, 0.5) is 39.8 Å². The molecule has 6 aromatic rings. The molecule has 0 radical (unpaired) electrons. The lowest BCUT2D eigenvalue weighted by atomic mass is 10.2. The van der Waals surface area contributed by atoms with Crippen LogP contribution in [0.15, 0.2) is 174 Å². The minimum Gasteiger partial charge on any atom is -0.399 e. The van der Waals surface area contributed by atoms with Crippen LogP contribution in [-0.4, -0.2) is 0 Å². The molecule has 0 aliphatic carbocycles. The third-order valence-corrected chi connectivity index (χ3v) is 6.82. The van der Waals surface area contributed by atoms with E-state index in [0.717, 1.165) is 44.3 Å². The Kier molecular flexibility index (Phi) is 8.92. The first kappa shape index (κ1) is 26.8. The predicted molar refractivity (Wildman–Crippen MR) is 174 cm³/mol. The number of hydrogen-bond donors (Lipinski definition) is 1. The molecular weight excluding hydrogens is 554 g/mol. The number of halogens is 1. The molecule has 6 aromatic carbocycles. The fraction of sp³-hybridized carbons (Fsp3) is 0. The van der Waals surface area contributed by atoms with Crippen molar-refractivity contribution >= 4 is 55.7 Å². The molecule has 4 heteroatoms. The normalized spacial score (nSPS) is 10.2. The van der Waals surface area contributed by atoms with Crippen molar-refractivity contribution in [2.24, 2.45) is 0 Å².